The molecule has 0 atom stereocenters. The van der Waals surface area contributed by atoms with Crippen molar-refractivity contribution in [3.05, 3.63) is 29.3 Å². The Balaban J connectivity index is 3.15. The molecule has 0 radical (unpaired) electrons. The Labute approximate surface area is 107 Å². The van der Waals surface area contributed by atoms with E-state index in [4.69, 9.17) is 0 Å². The van der Waals surface area contributed by atoms with Gasteiger partial charge in [0, 0.05) is 11.1 Å². The number of benzene rings is 1. The Hall–Kier alpha value is -1.18. The fourth-order valence-corrected chi connectivity index (χ4v) is 1.55. The Morgan fingerprint density at radius 3 is 2.39 bits per heavy atom. The Morgan fingerprint density at radius 1 is 1.33 bits per heavy atom. The quantitative estimate of drug-likeness (QED) is 0.471. The largest absolute Gasteiger partial charge is 0.573 e. The van der Waals surface area contributed by atoms with Gasteiger partial charge in [-0.25, -0.2) is 8.78 Å². The van der Waals surface area contributed by atoms with E-state index in [2.05, 4.69) is 20.7 Å². The van der Waals surface area contributed by atoms with E-state index in [9.17, 15) is 26.7 Å². The molecule has 0 fully saturated rings. The zero-order valence-electron chi connectivity index (χ0n) is 8.60. The second-order valence-corrected chi connectivity index (χ2v) is 3.72. The van der Waals surface area contributed by atoms with E-state index in [1.807, 2.05) is 0 Å². The van der Waals surface area contributed by atoms with Crippen LogP contribution < -0.4 is 4.74 Å². The van der Waals surface area contributed by atoms with E-state index >= 15 is 0 Å². The number of alkyl halides is 6. The second-order valence-electron chi connectivity index (χ2n) is 3.15. The van der Waals surface area contributed by atoms with E-state index in [0.29, 0.717) is 6.07 Å². The molecule has 1 rings (SSSR count). The SMILES string of the molecule is O=C(CBr)c1ccc(OC(F)(F)F)cc1C(F)F. The van der Waals surface area contributed by atoms with Crippen molar-refractivity contribution in [2.45, 2.75) is 12.8 Å². The van der Waals surface area contributed by atoms with Gasteiger partial charge >= 0.3 is 6.36 Å². The summed E-state index contributed by atoms with van der Waals surface area (Å²) in [6, 6.07) is 2.20. The first kappa shape index (κ1) is 14.9. The van der Waals surface area contributed by atoms with Crippen LogP contribution in [0.2, 0.25) is 0 Å². The molecule has 0 spiro atoms. The summed E-state index contributed by atoms with van der Waals surface area (Å²) in [6.07, 6.45) is -8.04. The van der Waals surface area contributed by atoms with Crippen molar-refractivity contribution in [1.29, 1.82) is 0 Å². The van der Waals surface area contributed by atoms with E-state index in [1.54, 1.807) is 0 Å². The van der Waals surface area contributed by atoms with Gasteiger partial charge in [0.15, 0.2) is 5.78 Å². The fourth-order valence-electron chi connectivity index (χ4n) is 1.24. The standard InChI is InChI=1S/C10H6BrF5O2/c11-4-8(17)6-2-1-5(18-10(14,15)16)3-7(6)9(12)13/h1-3,9H,4H2. The third kappa shape index (κ3) is 3.94. The smallest absolute Gasteiger partial charge is 0.406 e. The van der Waals surface area contributed by atoms with Gasteiger partial charge in [0.25, 0.3) is 6.43 Å². The fraction of sp³-hybridized carbons (Fsp3) is 0.300. The molecule has 0 saturated carbocycles. The van der Waals surface area contributed by atoms with Gasteiger partial charge in [-0.2, -0.15) is 0 Å². The molecule has 0 amide bonds. The average Bonchev–Trinajstić information content (AvgIpc) is 2.25. The predicted molar refractivity (Wildman–Crippen MR) is 56.2 cm³/mol. The number of hydrogen-bond donors (Lipinski definition) is 0. The van der Waals surface area contributed by atoms with Crippen LogP contribution in [0.3, 0.4) is 0 Å². The van der Waals surface area contributed by atoms with Gasteiger partial charge in [-0.1, -0.05) is 15.9 Å². The highest BCUT2D eigenvalue weighted by Gasteiger charge is 2.32. The predicted octanol–water partition coefficient (Wildman–Crippen LogP) is 4.10. The maximum absolute atomic E-state index is 12.6. The molecular formula is C10H6BrF5O2. The lowest BCUT2D eigenvalue weighted by Crippen LogP contribution is -2.17. The van der Waals surface area contributed by atoms with Crippen LogP contribution in [0.25, 0.3) is 0 Å². The molecule has 100 valence electrons. The molecule has 0 aliphatic carbocycles. The first-order valence-corrected chi connectivity index (χ1v) is 5.63. The first-order chi connectivity index (χ1) is 8.24. The molecule has 2 nitrogen and oxygen atoms in total. The zero-order valence-corrected chi connectivity index (χ0v) is 10.2. The molecule has 0 N–H and O–H groups in total. The van der Waals surface area contributed by atoms with Gasteiger partial charge < -0.3 is 4.74 Å². The van der Waals surface area contributed by atoms with Gasteiger partial charge in [-0.15, -0.1) is 13.2 Å². The van der Waals surface area contributed by atoms with Gasteiger partial charge in [0.05, 0.1) is 5.33 Å². The number of ether oxygens (including phenoxy) is 1. The summed E-state index contributed by atoms with van der Waals surface area (Å²) in [6.45, 7) is 0. The monoisotopic (exact) mass is 332 g/mol. The van der Waals surface area contributed by atoms with Crippen LogP contribution in [0.4, 0.5) is 22.0 Å². The van der Waals surface area contributed by atoms with Crippen LogP contribution in [0.1, 0.15) is 22.3 Å². The topological polar surface area (TPSA) is 26.3 Å². The number of carbonyl (C=O) groups is 1. The van der Waals surface area contributed by atoms with Crippen LogP contribution in [0, 0.1) is 0 Å². The van der Waals surface area contributed by atoms with Crippen molar-refractivity contribution in [2.24, 2.45) is 0 Å². The molecule has 8 heteroatoms. The maximum Gasteiger partial charge on any atom is 0.573 e. The minimum Gasteiger partial charge on any atom is -0.406 e. The zero-order chi connectivity index (χ0) is 13.9. The van der Waals surface area contributed by atoms with E-state index in [1.165, 1.54) is 0 Å². The highest BCUT2D eigenvalue weighted by Crippen LogP contribution is 2.30. The molecule has 0 aliphatic heterocycles. The van der Waals surface area contributed by atoms with Crippen molar-refractivity contribution < 1.29 is 31.5 Å². The van der Waals surface area contributed by atoms with Crippen molar-refractivity contribution >= 4 is 21.7 Å². The molecule has 0 aromatic heterocycles. The van der Waals surface area contributed by atoms with E-state index in [-0.39, 0.29) is 10.9 Å². The maximum atomic E-state index is 12.6. The van der Waals surface area contributed by atoms with Gasteiger partial charge in [-0.3, -0.25) is 4.79 Å². The summed E-state index contributed by atoms with van der Waals surface area (Å²) in [5.41, 5.74) is -1.13. The first-order valence-electron chi connectivity index (χ1n) is 4.51. The summed E-state index contributed by atoms with van der Waals surface area (Å²) < 4.78 is 64.5. The van der Waals surface area contributed by atoms with Crippen LogP contribution in [0.15, 0.2) is 18.2 Å². The number of rotatable bonds is 4. The van der Waals surface area contributed by atoms with Crippen LogP contribution in [-0.4, -0.2) is 17.5 Å². The van der Waals surface area contributed by atoms with E-state index < -0.39 is 29.9 Å². The third-order valence-corrected chi connectivity index (χ3v) is 2.42. The number of Topliss-reactive ketones (excluding diaryl/α,β-unsaturated/α-hetero) is 1. The molecule has 0 aliphatic rings. The average molecular weight is 333 g/mol. The second kappa shape index (κ2) is 5.64. The molecule has 1 aromatic rings. The van der Waals surface area contributed by atoms with Gasteiger partial charge in [0.1, 0.15) is 5.75 Å². The van der Waals surface area contributed by atoms with Crippen molar-refractivity contribution in [1.82, 2.24) is 0 Å². The molecule has 0 unspecified atom stereocenters. The minimum absolute atomic E-state index is 0.202. The van der Waals surface area contributed by atoms with Crippen LogP contribution in [-0.2, 0) is 0 Å². The lowest BCUT2D eigenvalue weighted by atomic mass is 10.0. The summed E-state index contributed by atoms with van der Waals surface area (Å²) in [4.78, 5) is 11.3. The Morgan fingerprint density at radius 2 is 1.94 bits per heavy atom. The Bertz CT molecular complexity index is 444. The van der Waals surface area contributed by atoms with Crippen molar-refractivity contribution in [2.75, 3.05) is 5.33 Å². The molecule has 18 heavy (non-hydrogen) atoms. The van der Waals surface area contributed by atoms with Crippen molar-refractivity contribution in [3.8, 4) is 5.75 Å². The summed E-state index contributed by atoms with van der Waals surface area (Å²) in [7, 11) is 0. The lowest BCUT2D eigenvalue weighted by Gasteiger charge is -2.12. The molecule has 0 bridgehead atoms. The van der Waals surface area contributed by atoms with Crippen LogP contribution >= 0.6 is 15.9 Å². The number of halogens is 6. The number of hydrogen-bond acceptors (Lipinski definition) is 2. The summed E-state index contributed by atoms with van der Waals surface area (Å²) in [5.74, 6) is -1.44. The molecule has 1 aromatic carbocycles. The lowest BCUT2D eigenvalue weighted by molar-refractivity contribution is -0.274. The minimum atomic E-state index is -4.97. The number of ketones is 1. The number of carbonyl (C=O) groups excluding carboxylic acids is 1. The van der Waals surface area contributed by atoms with Crippen molar-refractivity contribution in [3.63, 3.8) is 0 Å². The van der Waals surface area contributed by atoms with Crippen LogP contribution in [0.5, 0.6) is 5.75 Å². The Kier molecular flexibility index (Phi) is 4.66. The van der Waals surface area contributed by atoms with Gasteiger partial charge in [-0.05, 0) is 18.2 Å². The molecule has 0 heterocycles. The highest BCUT2D eigenvalue weighted by atomic mass is 79.9. The summed E-state index contributed by atoms with van der Waals surface area (Å²) >= 11 is 2.80. The van der Waals surface area contributed by atoms with E-state index in [0.717, 1.165) is 12.1 Å². The normalized spacial score (nSPS) is 11.7. The highest BCUT2D eigenvalue weighted by molar-refractivity contribution is 9.09. The summed E-state index contributed by atoms with van der Waals surface area (Å²) in [5, 5.41) is -0.202. The molecular weight excluding hydrogens is 327 g/mol. The third-order valence-electron chi connectivity index (χ3n) is 1.91. The van der Waals surface area contributed by atoms with Gasteiger partial charge in [0.2, 0.25) is 0 Å². The molecule has 0 saturated heterocycles.